The summed E-state index contributed by atoms with van der Waals surface area (Å²) < 4.78 is 42.1. The number of fused-ring (bicyclic) bond motifs is 2. The molecule has 0 aliphatic carbocycles. The molecule has 4 aromatic carbocycles. The molecule has 7 nitrogen and oxygen atoms in total. The van der Waals surface area contributed by atoms with Crippen molar-refractivity contribution in [2.45, 2.75) is 42.0 Å². The van der Waals surface area contributed by atoms with Crippen molar-refractivity contribution in [1.82, 2.24) is 10.2 Å². The van der Waals surface area contributed by atoms with E-state index in [0.717, 1.165) is 45.3 Å². The van der Waals surface area contributed by atoms with Crippen LogP contribution in [-0.4, -0.2) is 51.3 Å². The number of benzene rings is 4. The monoisotopic (exact) mass is 625 g/mol. The molecule has 0 unspecified atom stereocenters. The Kier molecular flexibility index (Phi) is 9.09. The number of carbonyl (C=O) groups is 2. The number of amides is 2. The van der Waals surface area contributed by atoms with Crippen molar-refractivity contribution in [3.05, 3.63) is 125 Å². The summed E-state index contributed by atoms with van der Waals surface area (Å²) in [5.74, 6) is -0.766. The summed E-state index contributed by atoms with van der Waals surface area (Å²) in [5.41, 5.74) is 1.89. The molecule has 0 aromatic heterocycles. The molecular weight excluding hydrogens is 589 g/mol. The Labute approximate surface area is 263 Å². The number of rotatable bonds is 9. The van der Waals surface area contributed by atoms with E-state index in [1.807, 2.05) is 6.07 Å². The van der Waals surface area contributed by atoms with Crippen molar-refractivity contribution in [2.75, 3.05) is 31.1 Å². The number of nitrogens with zero attached hydrogens (tertiary/aromatic N) is 2. The van der Waals surface area contributed by atoms with Crippen LogP contribution in [0.2, 0.25) is 0 Å². The third-order valence-electron chi connectivity index (χ3n) is 8.75. The second-order valence-electron chi connectivity index (χ2n) is 11.7. The van der Waals surface area contributed by atoms with E-state index in [-0.39, 0.29) is 44.6 Å². The van der Waals surface area contributed by atoms with Gasteiger partial charge in [0.1, 0.15) is 5.82 Å². The summed E-state index contributed by atoms with van der Waals surface area (Å²) in [7, 11) is -4.10. The highest BCUT2D eigenvalue weighted by molar-refractivity contribution is 7.91. The van der Waals surface area contributed by atoms with E-state index in [2.05, 4.69) is 34.5 Å². The van der Waals surface area contributed by atoms with Gasteiger partial charge in [0.15, 0.2) is 0 Å². The van der Waals surface area contributed by atoms with Crippen molar-refractivity contribution < 1.29 is 22.4 Å². The van der Waals surface area contributed by atoms with E-state index in [1.165, 1.54) is 46.9 Å². The number of hydrogen-bond donors (Lipinski definition) is 1. The minimum absolute atomic E-state index is 0.000130. The molecule has 6 rings (SSSR count). The van der Waals surface area contributed by atoms with Crippen molar-refractivity contribution in [3.8, 4) is 0 Å². The SMILES string of the molecule is O=C(NCCCN1CCC(Cc2ccccc2)CC1)c1ccc2c(c1)N(Cc1ccccc1F)C(=O)c1ccccc1S2(=O)=O. The molecule has 0 bridgehead atoms. The van der Waals surface area contributed by atoms with Crippen LogP contribution in [0, 0.1) is 11.7 Å². The molecule has 45 heavy (non-hydrogen) atoms. The number of likely N-dealkylation sites (tertiary alicyclic amines) is 1. The van der Waals surface area contributed by atoms with Crippen LogP contribution in [0.4, 0.5) is 10.1 Å². The lowest BCUT2D eigenvalue weighted by atomic mass is 9.90. The van der Waals surface area contributed by atoms with Crippen molar-refractivity contribution >= 4 is 27.3 Å². The maximum Gasteiger partial charge on any atom is 0.259 e. The first-order chi connectivity index (χ1) is 21.8. The van der Waals surface area contributed by atoms with Crippen LogP contribution in [0.25, 0.3) is 0 Å². The Balaban J connectivity index is 1.13. The van der Waals surface area contributed by atoms with E-state index in [9.17, 15) is 22.4 Å². The third-order valence-corrected chi connectivity index (χ3v) is 10.6. The van der Waals surface area contributed by atoms with Gasteiger partial charge in [0.2, 0.25) is 9.84 Å². The van der Waals surface area contributed by atoms with Gasteiger partial charge in [-0.25, -0.2) is 12.8 Å². The first-order valence-corrected chi connectivity index (χ1v) is 16.9. The van der Waals surface area contributed by atoms with Crippen LogP contribution in [0.3, 0.4) is 0 Å². The maximum atomic E-state index is 14.7. The van der Waals surface area contributed by atoms with Crippen LogP contribution in [0.5, 0.6) is 0 Å². The average Bonchev–Trinajstić information content (AvgIpc) is 3.13. The molecule has 0 atom stereocenters. The molecule has 0 spiro atoms. The minimum atomic E-state index is -4.10. The summed E-state index contributed by atoms with van der Waals surface area (Å²) in [6, 6.07) is 26.9. The van der Waals surface area contributed by atoms with Crippen molar-refractivity contribution in [2.24, 2.45) is 5.92 Å². The lowest BCUT2D eigenvalue weighted by Gasteiger charge is -2.32. The number of anilines is 1. The lowest BCUT2D eigenvalue weighted by molar-refractivity contribution is 0.0947. The molecule has 2 aliphatic heterocycles. The lowest BCUT2D eigenvalue weighted by Crippen LogP contribution is -2.36. The molecule has 0 radical (unpaired) electrons. The van der Waals surface area contributed by atoms with Gasteiger partial charge in [-0.05, 0) is 93.2 Å². The maximum absolute atomic E-state index is 14.7. The molecule has 2 heterocycles. The fourth-order valence-corrected chi connectivity index (χ4v) is 7.90. The van der Waals surface area contributed by atoms with E-state index in [1.54, 1.807) is 30.3 Å². The van der Waals surface area contributed by atoms with Crippen LogP contribution in [0.1, 0.15) is 51.1 Å². The van der Waals surface area contributed by atoms with Gasteiger partial charge in [-0.3, -0.25) is 9.59 Å². The van der Waals surface area contributed by atoms with Crippen LogP contribution in [-0.2, 0) is 22.8 Å². The van der Waals surface area contributed by atoms with Crippen LogP contribution in [0.15, 0.2) is 107 Å². The Morgan fingerprint density at radius 1 is 0.867 bits per heavy atom. The second kappa shape index (κ2) is 13.3. The molecule has 1 fully saturated rings. The highest BCUT2D eigenvalue weighted by Gasteiger charge is 2.36. The summed E-state index contributed by atoms with van der Waals surface area (Å²) in [5, 5.41) is 2.95. The van der Waals surface area contributed by atoms with Crippen LogP contribution < -0.4 is 10.2 Å². The fourth-order valence-electron chi connectivity index (χ4n) is 6.27. The molecule has 4 aromatic rings. The Morgan fingerprint density at radius 2 is 1.58 bits per heavy atom. The van der Waals surface area contributed by atoms with Crippen molar-refractivity contribution in [3.63, 3.8) is 0 Å². The fraction of sp³-hybridized carbons (Fsp3) is 0.278. The van der Waals surface area contributed by atoms with Gasteiger partial charge in [0, 0.05) is 17.7 Å². The standard InChI is InChI=1S/C36H36FN3O4S/c37-31-13-6-4-11-29(31)25-40-32-24-28(15-16-34(32)45(43,44)33-14-7-5-12-30(33)36(40)42)35(41)38-19-8-20-39-21-17-27(18-22-39)23-26-9-2-1-3-10-26/h1-7,9-16,24,27H,8,17-23,25H2,(H,38,41). The molecule has 1 saturated heterocycles. The summed E-state index contributed by atoms with van der Waals surface area (Å²) >= 11 is 0. The van der Waals surface area contributed by atoms with Crippen LogP contribution >= 0.6 is 0 Å². The predicted molar refractivity (Wildman–Crippen MR) is 172 cm³/mol. The predicted octanol–water partition coefficient (Wildman–Crippen LogP) is 5.89. The molecule has 1 N–H and O–H groups in total. The van der Waals surface area contributed by atoms with Gasteiger partial charge in [-0.2, -0.15) is 0 Å². The zero-order valence-electron chi connectivity index (χ0n) is 25.0. The number of sulfone groups is 1. The number of halogens is 1. The Hall–Kier alpha value is -4.34. The number of carbonyl (C=O) groups excluding carboxylic acids is 2. The van der Waals surface area contributed by atoms with E-state index in [4.69, 9.17) is 0 Å². The summed E-state index contributed by atoms with van der Waals surface area (Å²) in [6.45, 7) is 3.22. The quantitative estimate of drug-likeness (QED) is 0.235. The van der Waals surface area contributed by atoms with E-state index in [0.29, 0.717) is 12.5 Å². The van der Waals surface area contributed by atoms with Gasteiger partial charge in [0.05, 0.1) is 27.6 Å². The number of nitrogens with one attached hydrogen (secondary N) is 1. The molecule has 2 amide bonds. The van der Waals surface area contributed by atoms with Gasteiger partial charge in [-0.15, -0.1) is 0 Å². The number of piperidine rings is 1. The Morgan fingerprint density at radius 3 is 2.36 bits per heavy atom. The largest absolute Gasteiger partial charge is 0.352 e. The topological polar surface area (TPSA) is 86.8 Å². The average molecular weight is 626 g/mol. The zero-order valence-corrected chi connectivity index (χ0v) is 25.8. The summed E-state index contributed by atoms with van der Waals surface area (Å²) in [6.07, 6.45) is 4.21. The number of hydrogen-bond acceptors (Lipinski definition) is 5. The molecular formula is C36H36FN3O4S. The molecule has 0 saturated carbocycles. The second-order valence-corrected chi connectivity index (χ2v) is 13.6. The van der Waals surface area contributed by atoms with Crippen molar-refractivity contribution in [1.29, 1.82) is 0 Å². The van der Waals surface area contributed by atoms with Gasteiger partial charge in [0.25, 0.3) is 11.8 Å². The van der Waals surface area contributed by atoms with Gasteiger partial charge < -0.3 is 15.1 Å². The smallest absolute Gasteiger partial charge is 0.259 e. The minimum Gasteiger partial charge on any atom is -0.352 e. The normalized spacial score (nSPS) is 16.5. The zero-order chi connectivity index (χ0) is 31.4. The highest BCUT2D eigenvalue weighted by atomic mass is 32.2. The van der Waals surface area contributed by atoms with E-state index >= 15 is 0 Å². The molecule has 232 valence electrons. The first-order valence-electron chi connectivity index (χ1n) is 15.4. The summed E-state index contributed by atoms with van der Waals surface area (Å²) in [4.78, 5) is 30.5. The van der Waals surface area contributed by atoms with Gasteiger partial charge >= 0.3 is 0 Å². The molecule has 9 heteroatoms. The highest BCUT2D eigenvalue weighted by Crippen LogP contribution is 2.38. The van der Waals surface area contributed by atoms with Gasteiger partial charge in [-0.1, -0.05) is 60.7 Å². The molecule has 2 aliphatic rings. The third kappa shape index (κ3) is 6.70. The first kappa shape index (κ1) is 30.7. The Bertz CT molecular complexity index is 1800. The van der Waals surface area contributed by atoms with E-state index < -0.39 is 21.6 Å².